The lowest BCUT2D eigenvalue weighted by Gasteiger charge is -2.11. The summed E-state index contributed by atoms with van der Waals surface area (Å²) in [6, 6.07) is 8.91. The van der Waals surface area contributed by atoms with Crippen LogP contribution in [-0.2, 0) is 4.79 Å². The molecule has 1 rings (SSSR count). The third-order valence-electron chi connectivity index (χ3n) is 2.27. The molecule has 0 bridgehead atoms. The Morgan fingerprint density at radius 3 is 2.62 bits per heavy atom. The fourth-order valence-electron chi connectivity index (χ4n) is 1.36. The van der Waals surface area contributed by atoms with Crippen molar-refractivity contribution in [1.29, 1.82) is 0 Å². The van der Waals surface area contributed by atoms with E-state index in [1.807, 2.05) is 13.1 Å². The van der Waals surface area contributed by atoms with Gasteiger partial charge in [-0.15, -0.1) is 0 Å². The topological polar surface area (TPSA) is 61.4 Å². The molecule has 88 valence electrons. The van der Waals surface area contributed by atoms with Crippen molar-refractivity contribution in [3.8, 4) is 0 Å². The maximum absolute atomic E-state index is 11.5. The molecule has 1 unspecified atom stereocenters. The number of nitrogens with one attached hydrogen (secondary N) is 2. The van der Waals surface area contributed by atoms with Crippen LogP contribution in [0, 0.1) is 0 Å². The molecule has 0 saturated heterocycles. The van der Waals surface area contributed by atoms with E-state index in [-0.39, 0.29) is 5.91 Å². The number of carbonyl (C=O) groups excluding carboxylic acids is 1. The van der Waals surface area contributed by atoms with Crippen LogP contribution in [0.5, 0.6) is 0 Å². The summed E-state index contributed by atoms with van der Waals surface area (Å²) in [6.07, 6.45) is -0.222. The quantitative estimate of drug-likeness (QED) is 0.612. The first kappa shape index (κ1) is 12.7. The zero-order valence-electron chi connectivity index (χ0n) is 9.44. The van der Waals surface area contributed by atoms with Gasteiger partial charge in [0.15, 0.2) is 6.10 Å². The number of carbonyl (C=O) groups is 1. The van der Waals surface area contributed by atoms with Crippen LogP contribution in [0.25, 0.3) is 0 Å². The summed E-state index contributed by atoms with van der Waals surface area (Å²) in [7, 11) is 1.86. The Labute approximate surface area is 95.7 Å². The minimum atomic E-state index is -1.07. The molecule has 0 spiro atoms. The molecule has 0 saturated carbocycles. The van der Waals surface area contributed by atoms with Crippen LogP contribution in [-0.4, -0.2) is 31.2 Å². The third kappa shape index (κ3) is 4.00. The molecule has 0 heterocycles. The SMILES string of the molecule is CNCCCNC(=O)C(O)c1ccccc1. The van der Waals surface area contributed by atoms with Crippen molar-refractivity contribution >= 4 is 5.91 Å². The fourth-order valence-corrected chi connectivity index (χ4v) is 1.36. The van der Waals surface area contributed by atoms with E-state index in [4.69, 9.17) is 0 Å². The minimum absolute atomic E-state index is 0.345. The first-order chi connectivity index (χ1) is 7.75. The number of aliphatic hydroxyl groups is 1. The van der Waals surface area contributed by atoms with Gasteiger partial charge in [0.1, 0.15) is 0 Å². The highest BCUT2D eigenvalue weighted by molar-refractivity contribution is 5.81. The molecule has 1 amide bonds. The molecule has 0 aliphatic heterocycles. The van der Waals surface area contributed by atoms with E-state index in [2.05, 4.69) is 10.6 Å². The predicted octanol–water partition coefficient (Wildman–Crippen LogP) is 0.446. The van der Waals surface area contributed by atoms with Crippen molar-refractivity contribution in [3.05, 3.63) is 35.9 Å². The second kappa shape index (κ2) is 6.98. The second-order valence-electron chi connectivity index (χ2n) is 3.56. The summed E-state index contributed by atoms with van der Waals surface area (Å²) in [6.45, 7) is 1.42. The Balaban J connectivity index is 2.37. The van der Waals surface area contributed by atoms with Crippen LogP contribution in [0.2, 0.25) is 0 Å². The smallest absolute Gasteiger partial charge is 0.253 e. The van der Waals surface area contributed by atoms with Gasteiger partial charge in [0.25, 0.3) is 5.91 Å². The summed E-state index contributed by atoms with van der Waals surface area (Å²) >= 11 is 0. The lowest BCUT2D eigenvalue weighted by molar-refractivity contribution is -0.129. The van der Waals surface area contributed by atoms with Gasteiger partial charge >= 0.3 is 0 Å². The largest absolute Gasteiger partial charge is 0.378 e. The number of hydrogen-bond acceptors (Lipinski definition) is 3. The maximum atomic E-state index is 11.5. The van der Waals surface area contributed by atoms with Gasteiger partial charge in [0, 0.05) is 6.54 Å². The molecule has 0 aromatic heterocycles. The summed E-state index contributed by atoms with van der Waals surface area (Å²) in [5, 5.41) is 15.4. The van der Waals surface area contributed by atoms with Gasteiger partial charge in [-0.25, -0.2) is 0 Å². The van der Waals surface area contributed by atoms with Crippen LogP contribution < -0.4 is 10.6 Å². The molecule has 0 radical (unpaired) electrons. The first-order valence-corrected chi connectivity index (χ1v) is 5.41. The minimum Gasteiger partial charge on any atom is -0.378 e. The number of rotatable bonds is 6. The van der Waals surface area contributed by atoms with E-state index in [0.717, 1.165) is 13.0 Å². The van der Waals surface area contributed by atoms with E-state index in [0.29, 0.717) is 12.1 Å². The van der Waals surface area contributed by atoms with Crippen LogP contribution in [0.15, 0.2) is 30.3 Å². The molecule has 3 N–H and O–H groups in total. The van der Waals surface area contributed by atoms with E-state index in [1.54, 1.807) is 24.3 Å². The Bertz CT molecular complexity index is 314. The molecule has 0 fully saturated rings. The van der Waals surface area contributed by atoms with Gasteiger partial charge in [-0.3, -0.25) is 4.79 Å². The predicted molar refractivity (Wildman–Crippen MR) is 63.0 cm³/mol. The number of aliphatic hydroxyl groups excluding tert-OH is 1. The van der Waals surface area contributed by atoms with Crippen LogP contribution >= 0.6 is 0 Å². The highest BCUT2D eigenvalue weighted by atomic mass is 16.3. The molecule has 1 aromatic rings. The van der Waals surface area contributed by atoms with Crippen molar-refractivity contribution in [1.82, 2.24) is 10.6 Å². The van der Waals surface area contributed by atoms with Crippen LogP contribution in [0.1, 0.15) is 18.1 Å². The zero-order valence-corrected chi connectivity index (χ0v) is 9.44. The second-order valence-corrected chi connectivity index (χ2v) is 3.56. The average molecular weight is 222 g/mol. The summed E-state index contributed by atoms with van der Waals surface area (Å²) in [5.74, 6) is -0.345. The third-order valence-corrected chi connectivity index (χ3v) is 2.27. The van der Waals surface area contributed by atoms with Gasteiger partial charge in [0.2, 0.25) is 0 Å². The highest BCUT2D eigenvalue weighted by Gasteiger charge is 2.15. The van der Waals surface area contributed by atoms with Crippen molar-refractivity contribution in [2.45, 2.75) is 12.5 Å². The van der Waals surface area contributed by atoms with Crippen molar-refractivity contribution < 1.29 is 9.90 Å². The van der Waals surface area contributed by atoms with Gasteiger partial charge in [-0.1, -0.05) is 30.3 Å². The standard InChI is InChI=1S/C12H18N2O2/c1-13-8-5-9-14-12(16)11(15)10-6-3-2-4-7-10/h2-4,6-7,11,13,15H,5,8-9H2,1H3,(H,14,16). The number of hydrogen-bond donors (Lipinski definition) is 3. The van der Waals surface area contributed by atoms with Crippen LogP contribution in [0.4, 0.5) is 0 Å². The summed E-state index contributed by atoms with van der Waals surface area (Å²) in [4.78, 5) is 11.5. The molecule has 0 aliphatic carbocycles. The van der Waals surface area contributed by atoms with E-state index >= 15 is 0 Å². The Kier molecular flexibility index (Phi) is 5.53. The Hall–Kier alpha value is -1.39. The zero-order chi connectivity index (χ0) is 11.8. The normalized spacial score (nSPS) is 12.1. The first-order valence-electron chi connectivity index (χ1n) is 5.41. The summed E-state index contributed by atoms with van der Waals surface area (Å²) < 4.78 is 0. The molecule has 4 nitrogen and oxygen atoms in total. The highest BCUT2D eigenvalue weighted by Crippen LogP contribution is 2.11. The molecular weight excluding hydrogens is 204 g/mol. The molecule has 0 aliphatic rings. The average Bonchev–Trinajstić information content (AvgIpc) is 2.34. The van der Waals surface area contributed by atoms with E-state index in [9.17, 15) is 9.90 Å². The molecule has 1 aromatic carbocycles. The van der Waals surface area contributed by atoms with Crippen molar-refractivity contribution in [2.75, 3.05) is 20.1 Å². The van der Waals surface area contributed by atoms with Crippen molar-refractivity contribution in [2.24, 2.45) is 0 Å². The lowest BCUT2D eigenvalue weighted by Crippen LogP contribution is -2.31. The van der Waals surface area contributed by atoms with Gasteiger partial charge in [0.05, 0.1) is 0 Å². The molecular formula is C12H18N2O2. The Morgan fingerprint density at radius 2 is 2.00 bits per heavy atom. The monoisotopic (exact) mass is 222 g/mol. The van der Waals surface area contributed by atoms with E-state index in [1.165, 1.54) is 0 Å². The van der Waals surface area contributed by atoms with Crippen LogP contribution in [0.3, 0.4) is 0 Å². The Morgan fingerprint density at radius 1 is 1.31 bits per heavy atom. The molecule has 4 heteroatoms. The number of benzene rings is 1. The fraction of sp³-hybridized carbons (Fsp3) is 0.417. The maximum Gasteiger partial charge on any atom is 0.253 e. The molecule has 16 heavy (non-hydrogen) atoms. The van der Waals surface area contributed by atoms with Crippen molar-refractivity contribution in [3.63, 3.8) is 0 Å². The van der Waals surface area contributed by atoms with Gasteiger partial charge in [-0.05, 0) is 25.6 Å². The molecule has 1 atom stereocenters. The van der Waals surface area contributed by atoms with Gasteiger partial charge in [-0.2, -0.15) is 0 Å². The lowest BCUT2D eigenvalue weighted by atomic mass is 10.1. The van der Waals surface area contributed by atoms with Gasteiger partial charge < -0.3 is 15.7 Å². The van der Waals surface area contributed by atoms with E-state index < -0.39 is 6.10 Å². The number of amides is 1. The summed E-state index contributed by atoms with van der Waals surface area (Å²) in [5.41, 5.74) is 0.619.